The van der Waals surface area contributed by atoms with Crippen molar-refractivity contribution in [1.29, 1.82) is 0 Å². The molecule has 4 heterocycles. The molecule has 2 aromatic heterocycles. The van der Waals surface area contributed by atoms with Gasteiger partial charge in [-0.2, -0.15) is 18.3 Å². The second-order valence-electron chi connectivity index (χ2n) is 8.96. The van der Waals surface area contributed by atoms with Crippen LogP contribution >= 0.6 is 0 Å². The van der Waals surface area contributed by atoms with Crippen LogP contribution in [0.2, 0.25) is 0 Å². The quantitative estimate of drug-likeness (QED) is 0.655. The number of nitrogens with one attached hydrogen (secondary N) is 1. The van der Waals surface area contributed by atoms with Crippen LogP contribution in [0, 0.1) is 5.92 Å². The van der Waals surface area contributed by atoms with E-state index in [1.165, 1.54) is 16.9 Å². The summed E-state index contributed by atoms with van der Waals surface area (Å²) in [6.45, 7) is 8.63. The number of amides is 1. The van der Waals surface area contributed by atoms with Crippen molar-refractivity contribution in [3.8, 4) is 5.82 Å². The van der Waals surface area contributed by atoms with Gasteiger partial charge in [0.1, 0.15) is 0 Å². The number of ether oxygens (including phenoxy) is 2. The summed E-state index contributed by atoms with van der Waals surface area (Å²) < 4.78 is 51.2. The summed E-state index contributed by atoms with van der Waals surface area (Å²) in [5.74, 6) is 0.191. The average Bonchev–Trinajstić information content (AvgIpc) is 3.50. The molecule has 8 nitrogen and oxygen atoms in total. The first-order valence-electron chi connectivity index (χ1n) is 11.5. The van der Waals surface area contributed by atoms with Gasteiger partial charge in [0, 0.05) is 44.4 Å². The molecule has 0 spiro atoms. The van der Waals surface area contributed by atoms with Crippen LogP contribution in [0.25, 0.3) is 5.82 Å². The fourth-order valence-corrected chi connectivity index (χ4v) is 4.60. The summed E-state index contributed by atoms with van der Waals surface area (Å²) in [6, 6.07) is 2.37. The van der Waals surface area contributed by atoms with E-state index in [-0.39, 0.29) is 23.7 Å². The minimum absolute atomic E-state index is 0.106. The Morgan fingerprint density at radius 3 is 2.53 bits per heavy atom. The largest absolute Gasteiger partial charge is 0.417 e. The molecule has 0 aromatic carbocycles. The molecule has 0 aliphatic carbocycles. The number of hydrogen-bond acceptors (Lipinski definition) is 6. The van der Waals surface area contributed by atoms with E-state index in [4.69, 9.17) is 9.47 Å². The van der Waals surface area contributed by atoms with Gasteiger partial charge in [0.05, 0.1) is 42.8 Å². The molecule has 186 valence electrons. The van der Waals surface area contributed by atoms with Gasteiger partial charge in [0.25, 0.3) is 5.91 Å². The third kappa shape index (κ3) is 5.42. The Bertz CT molecular complexity index is 965. The average molecular weight is 482 g/mol. The molecule has 34 heavy (non-hydrogen) atoms. The van der Waals surface area contributed by atoms with Gasteiger partial charge in [0.2, 0.25) is 0 Å². The SMILES string of the molecule is CC(C)c1c(C(=O)NCC(C2CCOC2)N2CCOCC2)cnn1-c1ccc(C(F)(F)F)cn1. The zero-order valence-electron chi connectivity index (χ0n) is 19.3. The molecule has 2 aliphatic rings. The van der Waals surface area contributed by atoms with Gasteiger partial charge >= 0.3 is 6.18 Å². The second kappa shape index (κ2) is 10.4. The first-order chi connectivity index (χ1) is 16.3. The summed E-state index contributed by atoms with van der Waals surface area (Å²) >= 11 is 0. The Hall–Kier alpha value is -2.50. The van der Waals surface area contributed by atoms with Crippen molar-refractivity contribution in [2.75, 3.05) is 46.1 Å². The summed E-state index contributed by atoms with van der Waals surface area (Å²) in [6.07, 6.45) is -1.29. The second-order valence-corrected chi connectivity index (χ2v) is 8.96. The van der Waals surface area contributed by atoms with E-state index in [0.717, 1.165) is 38.4 Å². The fourth-order valence-electron chi connectivity index (χ4n) is 4.60. The van der Waals surface area contributed by atoms with E-state index in [0.29, 0.717) is 43.5 Å². The molecule has 11 heteroatoms. The standard InChI is InChI=1S/C23H30F3N5O3/c1-15(2)21-18(12-29-31(21)20-4-3-17(11-27-20)23(24,25)26)22(32)28-13-19(16-5-8-34-14-16)30-6-9-33-10-7-30/h3-4,11-12,15-16,19H,5-10,13-14H2,1-2H3,(H,28,32). The van der Waals surface area contributed by atoms with Crippen molar-refractivity contribution in [2.24, 2.45) is 5.92 Å². The molecule has 2 fully saturated rings. The Kier molecular flexibility index (Phi) is 7.54. The monoisotopic (exact) mass is 481 g/mol. The predicted octanol–water partition coefficient (Wildman–Crippen LogP) is 2.88. The molecule has 2 aliphatic heterocycles. The lowest BCUT2D eigenvalue weighted by Gasteiger charge is -2.37. The zero-order chi connectivity index (χ0) is 24.3. The summed E-state index contributed by atoms with van der Waals surface area (Å²) in [5.41, 5.74) is 0.148. The number of carbonyl (C=O) groups excluding carboxylic acids is 1. The summed E-state index contributed by atoms with van der Waals surface area (Å²) in [5, 5.41) is 7.34. The number of pyridine rings is 1. The van der Waals surface area contributed by atoms with Gasteiger partial charge in [-0.15, -0.1) is 0 Å². The smallest absolute Gasteiger partial charge is 0.381 e. The molecule has 0 radical (unpaired) electrons. The number of carbonyl (C=O) groups is 1. The highest BCUT2D eigenvalue weighted by Gasteiger charge is 2.33. The summed E-state index contributed by atoms with van der Waals surface area (Å²) in [4.78, 5) is 19.5. The number of halogens is 3. The van der Waals surface area contributed by atoms with Crippen molar-refractivity contribution in [3.63, 3.8) is 0 Å². The predicted molar refractivity (Wildman–Crippen MR) is 118 cm³/mol. The normalized spacial score (nSPS) is 20.6. The van der Waals surface area contributed by atoms with Gasteiger partial charge in [-0.25, -0.2) is 9.67 Å². The topological polar surface area (TPSA) is 81.5 Å². The highest BCUT2D eigenvalue weighted by atomic mass is 19.4. The molecule has 1 amide bonds. The number of nitrogens with zero attached hydrogens (tertiary/aromatic N) is 4. The van der Waals surface area contributed by atoms with Crippen molar-refractivity contribution >= 4 is 5.91 Å². The fraction of sp³-hybridized carbons (Fsp3) is 0.609. The van der Waals surface area contributed by atoms with E-state index >= 15 is 0 Å². The molecule has 2 atom stereocenters. The number of rotatable bonds is 7. The van der Waals surface area contributed by atoms with E-state index in [1.807, 2.05) is 13.8 Å². The van der Waals surface area contributed by atoms with Crippen LogP contribution in [0.5, 0.6) is 0 Å². The lowest BCUT2D eigenvalue weighted by Crippen LogP contribution is -2.52. The Morgan fingerprint density at radius 2 is 1.94 bits per heavy atom. The number of hydrogen-bond donors (Lipinski definition) is 1. The third-order valence-electron chi connectivity index (χ3n) is 6.39. The maximum absolute atomic E-state index is 13.2. The van der Waals surface area contributed by atoms with E-state index < -0.39 is 11.7 Å². The maximum atomic E-state index is 13.2. The van der Waals surface area contributed by atoms with E-state index in [9.17, 15) is 18.0 Å². The van der Waals surface area contributed by atoms with Gasteiger partial charge in [-0.1, -0.05) is 13.8 Å². The number of morpholine rings is 1. The van der Waals surface area contributed by atoms with Crippen LogP contribution in [0.4, 0.5) is 13.2 Å². The highest BCUT2D eigenvalue weighted by Crippen LogP contribution is 2.29. The lowest BCUT2D eigenvalue weighted by molar-refractivity contribution is -0.137. The number of alkyl halides is 3. The van der Waals surface area contributed by atoms with Crippen molar-refractivity contribution in [1.82, 2.24) is 25.0 Å². The Labute approximate surface area is 196 Å². The first-order valence-corrected chi connectivity index (χ1v) is 11.5. The maximum Gasteiger partial charge on any atom is 0.417 e. The first kappa shape index (κ1) is 24.6. The van der Waals surface area contributed by atoms with Crippen LogP contribution in [-0.4, -0.2) is 77.7 Å². The van der Waals surface area contributed by atoms with Crippen LogP contribution < -0.4 is 5.32 Å². The van der Waals surface area contributed by atoms with Gasteiger partial charge in [-0.05, 0) is 24.5 Å². The van der Waals surface area contributed by atoms with Crippen molar-refractivity contribution < 1.29 is 27.4 Å². The zero-order valence-corrected chi connectivity index (χ0v) is 19.3. The number of aromatic nitrogens is 3. The molecular weight excluding hydrogens is 451 g/mol. The van der Waals surface area contributed by atoms with Gasteiger partial charge in [0.15, 0.2) is 5.82 Å². The molecule has 2 aromatic rings. The van der Waals surface area contributed by atoms with Gasteiger partial charge < -0.3 is 14.8 Å². The lowest BCUT2D eigenvalue weighted by atomic mass is 9.96. The molecule has 0 bridgehead atoms. The molecule has 1 N–H and O–H groups in total. The minimum Gasteiger partial charge on any atom is -0.381 e. The minimum atomic E-state index is -4.47. The van der Waals surface area contributed by atoms with Gasteiger partial charge in [-0.3, -0.25) is 9.69 Å². The third-order valence-corrected chi connectivity index (χ3v) is 6.39. The van der Waals surface area contributed by atoms with E-state index in [1.54, 1.807) is 0 Å². The molecular formula is C23H30F3N5O3. The Morgan fingerprint density at radius 1 is 1.18 bits per heavy atom. The molecule has 0 saturated carbocycles. The van der Waals surface area contributed by atoms with Crippen LogP contribution in [0.1, 0.15) is 47.8 Å². The van der Waals surface area contributed by atoms with Crippen LogP contribution in [0.15, 0.2) is 24.5 Å². The van der Waals surface area contributed by atoms with Crippen molar-refractivity contribution in [3.05, 3.63) is 41.3 Å². The highest BCUT2D eigenvalue weighted by molar-refractivity contribution is 5.95. The summed E-state index contributed by atoms with van der Waals surface area (Å²) in [7, 11) is 0. The van der Waals surface area contributed by atoms with Crippen molar-refractivity contribution in [2.45, 2.75) is 38.4 Å². The molecule has 4 rings (SSSR count). The molecule has 2 unspecified atom stereocenters. The Balaban J connectivity index is 1.52. The van der Waals surface area contributed by atoms with Crippen LogP contribution in [0.3, 0.4) is 0 Å². The van der Waals surface area contributed by atoms with E-state index in [2.05, 4.69) is 20.3 Å². The molecule has 2 saturated heterocycles. The van der Waals surface area contributed by atoms with Crippen LogP contribution in [-0.2, 0) is 15.7 Å².